The van der Waals surface area contributed by atoms with E-state index < -0.39 is 0 Å². The summed E-state index contributed by atoms with van der Waals surface area (Å²) >= 11 is 0. The lowest BCUT2D eigenvalue weighted by molar-refractivity contribution is -0.125. The second kappa shape index (κ2) is 11.8. The topological polar surface area (TPSA) is 129 Å². The number of primary amides is 1. The van der Waals surface area contributed by atoms with Crippen LogP contribution in [0.3, 0.4) is 0 Å². The summed E-state index contributed by atoms with van der Waals surface area (Å²) in [5, 5.41) is 3.04. The largest absolute Gasteiger partial charge is 0.373 e. The summed E-state index contributed by atoms with van der Waals surface area (Å²) in [5.41, 5.74) is 12.0. The van der Waals surface area contributed by atoms with Crippen LogP contribution in [0.2, 0.25) is 0 Å². The highest BCUT2D eigenvalue weighted by atomic mass is 16.6. The summed E-state index contributed by atoms with van der Waals surface area (Å²) in [6.07, 6.45) is 12.8. The predicted molar refractivity (Wildman–Crippen MR) is 135 cm³/mol. The standard InChI is InChI=1S/C27H43N3O5/c1-16(6-9-21-14-27(20(5)35-27)15-22(34-21)13-25(29)31)7-10-24-17(2)12-23(19(4)33-24)30-26(32)11-8-18(3)28/h6-9,11,17-24H,10,12-15,28H2,1-5H3,(H2,29,31)(H,30,32)/b9-6+,11-8+,16-7+/t17-,18?,19+,20+,21+,22+,23+,24-,27+/m0/s1. The number of ether oxygens (including phenoxy) is 3. The molecule has 35 heavy (non-hydrogen) atoms. The molecule has 3 heterocycles. The molecule has 1 unspecified atom stereocenters. The Hall–Kier alpha value is -2.00. The van der Waals surface area contributed by atoms with Crippen LogP contribution in [0.5, 0.6) is 0 Å². The summed E-state index contributed by atoms with van der Waals surface area (Å²) in [4.78, 5) is 23.5. The SMILES string of the molecule is CC(/C=C/[C@@H]1C[C@]2(C[C@@H](CC(N)=O)O1)O[C@@H]2C)=C\C[C@@H]1O[C@H](C)[C@H](NC(=O)/C=C/C(C)N)C[C@@H]1C. The number of allylic oxidation sites excluding steroid dienone is 2. The van der Waals surface area contributed by atoms with E-state index in [4.69, 9.17) is 25.7 Å². The molecule has 3 rings (SSSR count). The molecule has 196 valence electrons. The Morgan fingerprint density at radius 2 is 1.89 bits per heavy atom. The fourth-order valence-corrected chi connectivity index (χ4v) is 5.17. The monoisotopic (exact) mass is 489 g/mol. The van der Waals surface area contributed by atoms with Crippen molar-refractivity contribution in [3.8, 4) is 0 Å². The van der Waals surface area contributed by atoms with Gasteiger partial charge in [-0.15, -0.1) is 0 Å². The maximum atomic E-state index is 12.1. The minimum atomic E-state index is -0.349. The van der Waals surface area contributed by atoms with Crippen molar-refractivity contribution in [2.24, 2.45) is 17.4 Å². The molecule has 0 saturated carbocycles. The van der Waals surface area contributed by atoms with Crippen molar-refractivity contribution < 1.29 is 23.8 Å². The lowest BCUT2D eigenvalue weighted by Crippen LogP contribution is -2.50. The summed E-state index contributed by atoms with van der Waals surface area (Å²) in [6, 6.07) is -0.172. The predicted octanol–water partition coefficient (Wildman–Crippen LogP) is 2.66. The molecule has 3 saturated heterocycles. The molecule has 0 aliphatic carbocycles. The number of hydrogen-bond acceptors (Lipinski definition) is 6. The third-order valence-electron chi connectivity index (χ3n) is 7.35. The molecule has 3 fully saturated rings. The average Bonchev–Trinajstić information content (AvgIpc) is 3.37. The number of nitrogens with two attached hydrogens (primary N) is 2. The zero-order valence-electron chi connectivity index (χ0n) is 21.7. The van der Waals surface area contributed by atoms with Crippen molar-refractivity contribution in [2.45, 2.75) is 115 Å². The van der Waals surface area contributed by atoms with Crippen molar-refractivity contribution >= 4 is 11.8 Å². The zero-order chi connectivity index (χ0) is 25.8. The van der Waals surface area contributed by atoms with Gasteiger partial charge in [-0.2, -0.15) is 0 Å². The van der Waals surface area contributed by atoms with E-state index in [0.717, 1.165) is 31.3 Å². The molecule has 0 aromatic carbocycles. The van der Waals surface area contributed by atoms with Gasteiger partial charge >= 0.3 is 0 Å². The first-order chi connectivity index (χ1) is 16.5. The summed E-state index contributed by atoms with van der Waals surface area (Å²) < 4.78 is 18.2. The number of carbonyl (C=O) groups is 2. The van der Waals surface area contributed by atoms with Crippen LogP contribution in [0.4, 0.5) is 0 Å². The van der Waals surface area contributed by atoms with Crippen LogP contribution >= 0.6 is 0 Å². The lowest BCUT2D eigenvalue weighted by atomic mass is 9.87. The Morgan fingerprint density at radius 1 is 1.17 bits per heavy atom. The van der Waals surface area contributed by atoms with E-state index in [9.17, 15) is 9.59 Å². The van der Waals surface area contributed by atoms with E-state index in [1.807, 2.05) is 13.8 Å². The molecule has 2 amide bonds. The number of epoxide rings is 1. The molecule has 1 spiro atoms. The Morgan fingerprint density at radius 3 is 2.51 bits per heavy atom. The first kappa shape index (κ1) is 27.6. The first-order valence-electron chi connectivity index (χ1n) is 12.8. The van der Waals surface area contributed by atoms with E-state index in [1.54, 1.807) is 6.08 Å². The molecule has 8 nitrogen and oxygen atoms in total. The summed E-state index contributed by atoms with van der Waals surface area (Å²) in [6.45, 7) is 10.1. The van der Waals surface area contributed by atoms with Crippen LogP contribution in [-0.4, -0.2) is 60.0 Å². The van der Waals surface area contributed by atoms with Gasteiger partial charge in [-0.05, 0) is 46.5 Å². The van der Waals surface area contributed by atoms with E-state index >= 15 is 0 Å². The average molecular weight is 490 g/mol. The fraction of sp³-hybridized carbons (Fsp3) is 0.704. The van der Waals surface area contributed by atoms with Gasteiger partial charge in [-0.1, -0.05) is 36.8 Å². The Kier molecular flexibility index (Phi) is 9.32. The highest BCUT2D eigenvalue weighted by molar-refractivity contribution is 5.87. The molecular weight excluding hydrogens is 446 g/mol. The molecule has 5 N–H and O–H groups in total. The van der Waals surface area contributed by atoms with E-state index in [0.29, 0.717) is 5.92 Å². The third-order valence-corrected chi connectivity index (χ3v) is 7.35. The molecule has 0 bridgehead atoms. The summed E-state index contributed by atoms with van der Waals surface area (Å²) in [7, 11) is 0. The molecule has 3 aliphatic heterocycles. The van der Waals surface area contributed by atoms with Gasteiger partial charge in [0.1, 0.15) is 0 Å². The van der Waals surface area contributed by atoms with Gasteiger partial charge in [-0.3, -0.25) is 9.59 Å². The van der Waals surface area contributed by atoms with Crippen molar-refractivity contribution in [2.75, 3.05) is 0 Å². The number of carbonyl (C=O) groups excluding carboxylic acids is 2. The second-order valence-corrected chi connectivity index (χ2v) is 10.7. The third kappa shape index (κ3) is 8.00. The van der Waals surface area contributed by atoms with Gasteiger partial charge in [0.2, 0.25) is 11.8 Å². The van der Waals surface area contributed by atoms with Crippen LogP contribution < -0.4 is 16.8 Å². The van der Waals surface area contributed by atoms with Crippen LogP contribution in [0.25, 0.3) is 0 Å². The summed E-state index contributed by atoms with van der Waals surface area (Å²) in [5.74, 6) is -0.171. The fourth-order valence-electron chi connectivity index (χ4n) is 5.17. The van der Waals surface area contributed by atoms with Crippen LogP contribution in [0.15, 0.2) is 36.0 Å². The molecular formula is C27H43N3O5. The van der Waals surface area contributed by atoms with Gasteiger partial charge in [0, 0.05) is 25.0 Å². The Balaban J connectivity index is 1.50. The number of hydrogen-bond donors (Lipinski definition) is 3. The van der Waals surface area contributed by atoms with Crippen LogP contribution in [-0.2, 0) is 23.8 Å². The second-order valence-electron chi connectivity index (χ2n) is 10.7. The van der Waals surface area contributed by atoms with Crippen molar-refractivity contribution in [3.05, 3.63) is 36.0 Å². The minimum Gasteiger partial charge on any atom is -0.373 e. The Bertz CT molecular complexity index is 854. The first-order valence-corrected chi connectivity index (χ1v) is 12.8. The maximum Gasteiger partial charge on any atom is 0.244 e. The van der Waals surface area contributed by atoms with E-state index in [1.165, 1.54) is 6.08 Å². The number of amides is 2. The van der Waals surface area contributed by atoms with Crippen LogP contribution in [0, 0.1) is 5.92 Å². The molecule has 0 radical (unpaired) electrons. The van der Waals surface area contributed by atoms with Gasteiger partial charge in [0.05, 0.1) is 48.6 Å². The molecule has 9 atom stereocenters. The normalized spacial score (nSPS) is 38.7. The smallest absolute Gasteiger partial charge is 0.244 e. The maximum absolute atomic E-state index is 12.1. The van der Waals surface area contributed by atoms with Gasteiger partial charge in [0.25, 0.3) is 0 Å². The van der Waals surface area contributed by atoms with Gasteiger partial charge in [0.15, 0.2) is 0 Å². The quantitative estimate of drug-likeness (QED) is 0.259. The van der Waals surface area contributed by atoms with E-state index in [2.05, 4.69) is 44.3 Å². The number of rotatable bonds is 9. The lowest BCUT2D eigenvalue weighted by Gasteiger charge is -2.39. The van der Waals surface area contributed by atoms with Gasteiger partial charge in [-0.25, -0.2) is 0 Å². The molecule has 3 aliphatic rings. The highest BCUT2D eigenvalue weighted by Gasteiger charge is 2.57. The number of nitrogens with one attached hydrogen (secondary N) is 1. The zero-order valence-corrected chi connectivity index (χ0v) is 21.7. The molecule has 0 aromatic heterocycles. The molecule has 8 heteroatoms. The van der Waals surface area contributed by atoms with Crippen molar-refractivity contribution in [1.82, 2.24) is 5.32 Å². The Labute approximate surface area is 209 Å². The van der Waals surface area contributed by atoms with Crippen LogP contribution in [0.1, 0.15) is 66.7 Å². The van der Waals surface area contributed by atoms with E-state index in [-0.39, 0.29) is 66.4 Å². The highest BCUT2D eigenvalue weighted by Crippen LogP contribution is 2.48. The molecule has 0 aromatic rings. The van der Waals surface area contributed by atoms with Crippen molar-refractivity contribution in [3.63, 3.8) is 0 Å². The van der Waals surface area contributed by atoms with Crippen molar-refractivity contribution in [1.29, 1.82) is 0 Å². The minimum absolute atomic E-state index is 0.0207. The van der Waals surface area contributed by atoms with Gasteiger partial charge < -0.3 is 31.0 Å².